The highest BCUT2D eigenvalue weighted by Crippen LogP contribution is 2.46. The van der Waals surface area contributed by atoms with E-state index in [0.717, 1.165) is 15.5 Å². The lowest BCUT2D eigenvalue weighted by Gasteiger charge is -2.38. The molecule has 3 aliphatic rings. The minimum Gasteiger partial charge on any atom is -0.501 e. The van der Waals surface area contributed by atoms with Crippen LogP contribution in [0.15, 0.2) is 23.0 Å². The summed E-state index contributed by atoms with van der Waals surface area (Å²) >= 11 is 5.76. The van der Waals surface area contributed by atoms with E-state index in [9.17, 15) is 28.7 Å². The topological polar surface area (TPSA) is 134 Å². The second kappa shape index (κ2) is 9.16. The molecule has 0 saturated heterocycles. The van der Waals surface area contributed by atoms with Crippen LogP contribution in [0.4, 0.5) is 8.78 Å². The molecule has 1 aromatic carbocycles. The van der Waals surface area contributed by atoms with Crippen LogP contribution in [0.25, 0.3) is 0 Å². The van der Waals surface area contributed by atoms with Crippen molar-refractivity contribution < 1.29 is 28.3 Å². The van der Waals surface area contributed by atoms with Gasteiger partial charge >= 0.3 is 11.8 Å². The number of hydrogen-bond acceptors (Lipinski definition) is 6. The maximum Gasteiger partial charge on any atom is 0.311 e. The fourth-order valence-electron chi connectivity index (χ4n) is 4.58. The number of carbonyl (C=O) groups excluding carboxylic acids is 3. The Labute approximate surface area is 209 Å². The lowest BCUT2D eigenvalue weighted by Crippen LogP contribution is -2.54. The Hall–Kier alpha value is -3.54. The Morgan fingerprint density at radius 1 is 1.22 bits per heavy atom. The number of aromatic nitrogens is 2. The molecule has 1 saturated carbocycles. The number of halogens is 3. The van der Waals surface area contributed by atoms with Gasteiger partial charge in [0.25, 0.3) is 11.5 Å². The summed E-state index contributed by atoms with van der Waals surface area (Å²) in [6, 6.07) is 3.83. The molecule has 5 rings (SSSR count). The zero-order chi connectivity index (χ0) is 26.4. The van der Waals surface area contributed by atoms with Crippen LogP contribution in [0.3, 0.4) is 0 Å². The number of likely N-dealkylation sites (N-methyl/N-ethyl adjacent to an activating group) is 1. The summed E-state index contributed by atoms with van der Waals surface area (Å²) in [5, 5.41) is 15.4. The number of rotatable bonds is 4. The van der Waals surface area contributed by atoms with Crippen LogP contribution in [0, 0.1) is 5.82 Å². The first-order valence-electron chi connectivity index (χ1n) is 11.1. The van der Waals surface area contributed by atoms with Crippen molar-refractivity contribution in [3.05, 3.63) is 56.5 Å². The fraction of sp³-hybridized carbons (Fsp3) is 0.435. The molecular weight excluding hydrogens is 500 g/mol. The Morgan fingerprint density at radius 3 is 2.50 bits per heavy atom. The fourth-order valence-corrected chi connectivity index (χ4v) is 4.78. The smallest absolute Gasteiger partial charge is 0.311 e. The average Bonchev–Trinajstić information content (AvgIpc) is 3.03. The van der Waals surface area contributed by atoms with Crippen LogP contribution in [-0.2, 0) is 28.2 Å². The van der Waals surface area contributed by atoms with Gasteiger partial charge in [0, 0.05) is 20.6 Å². The molecule has 3 heterocycles. The molecule has 0 unspecified atom stereocenters. The van der Waals surface area contributed by atoms with Gasteiger partial charge in [-0.3, -0.25) is 23.7 Å². The van der Waals surface area contributed by atoms with Crippen molar-refractivity contribution >= 4 is 29.3 Å². The molecule has 0 radical (unpaired) electrons. The molecule has 1 aromatic heterocycles. The molecular formula is C23H24ClF2N5O5. The highest BCUT2D eigenvalue weighted by Gasteiger charge is 2.52. The third-order valence-corrected chi connectivity index (χ3v) is 6.91. The first kappa shape index (κ1) is 25.5. The third kappa shape index (κ3) is 4.52. The van der Waals surface area contributed by atoms with Gasteiger partial charge in [-0.05, 0) is 43.4 Å². The third-order valence-electron chi connectivity index (χ3n) is 6.62. The summed E-state index contributed by atoms with van der Waals surface area (Å²) in [6.07, 6.45) is 0.00427. The summed E-state index contributed by atoms with van der Waals surface area (Å²) in [5.74, 6) is -4.48. The summed E-state index contributed by atoms with van der Waals surface area (Å²) in [4.78, 5) is 56.1. The Bertz CT molecular complexity index is 1320. The van der Waals surface area contributed by atoms with E-state index >= 15 is 4.39 Å². The van der Waals surface area contributed by atoms with Gasteiger partial charge in [-0.15, -0.1) is 0 Å². The molecule has 0 atom stereocenters. The average molecular weight is 524 g/mol. The Balaban J connectivity index is 1.72. The number of amides is 3. The van der Waals surface area contributed by atoms with E-state index in [2.05, 4.69) is 15.6 Å². The van der Waals surface area contributed by atoms with Gasteiger partial charge in [0.05, 0.1) is 17.1 Å². The molecule has 3 amide bonds. The minimum absolute atomic E-state index is 0.0279. The molecule has 13 heteroatoms. The first-order valence-corrected chi connectivity index (χ1v) is 11.5. The van der Waals surface area contributed by atoms with Crippen molar-refractivity contribution in [2.24, 2.45) is 0 Å². The molecule has 10 nitrogen and oxygen atoms in total. The van der Waals surface area contributed by atoms with E-state index in [0.29, 0.717) is 5.56 Å². The second-order valence-corrected chi connectivity index (χ2v) is 9.75. The van der Waals surface area contributed by atoms with Crippen LogP contribution in [0.2, 0.25) is 5.02 Å². The maximum absolute atomic E-state index is 15.4. The molecule has 36 heavy (non-hydrogen) atoms. The van der Waals surface area contributed by atoms with Gasteiger partial charge in [0.2, 0.25) is 5.75 Å². The van der Waals surface area contributed by atoms with Crippen molar-refractivity contribution in [3.8, 4) is 5.75 Å². The number of nitrogens with zero attached hydrogens (tertiary/aromatic N) is 3. The van der Waals surface area contributed by atoms with Crippen molar-refractivity contribution in [1.82, 2.24) is 25.1 Å². The predicted octanol–water partition coefficient (Wildman–Crippen LogP) is 1.37. The van der Waals surface area contributed by atoms with Crippen LogP contribution in [0.1, 0.15) is 47.6 Å². The Kier molecular flexibility index (Phi) is 6.50. The lowest BCUT2D eigenvalue weighted by molar-refractivity contribution is -0.145. The molecule has 2 bridgehead atoms. The number of benzene rings is 1. The van der Waals surface area contributed by atoms with Gasteiger partial charge in [0.15, 0.2) is 5.69 Å². The summed E-state index contributed by atoms with van der Waals surface area (Å²) in [7, 11) is 2.79. The van der Waals surface area contributed by atoms with Gasteiger partial charge < -0.3 is 20.6 Å². The predicted molar refractivity (Wildman–Crippen MR) is 124 cm³/mol. The van der Waals surface area contributed by atoms with E-state index in [1.165, 1.54) is 26.2 Å². The molecule has 2 aliphatic heterocycles. The minimum atomic E-state index is -1.78. The van der Waals surface area contributed by atoms with E-state index < -0.39 is 58.3 Å². The molecule has 192 valence electrons. The number of fused-ring (bicyclic) bond motifs is 2. The molecule has 2 aromatic rings. The molecule has 1 fully saturated rings. The van der Waals surface area contributed by atoms with Gasteiger partial charge in [-0.1, -0.05) is 17.7 Å². The molecule has 0 spiro atoms. The lowest BCUT2D eigenvalue weighted by atomic mass is 9.76. The summed E-state index contributed by atoms with van der Waals surface area (Å²) in [6.45, 7) is -0.540. The number of carbonyl (C=O) groups is 3. The van der Waals surface area contributed by atoms with Crippen molar-refractivity contribution in [2.75, 3.05) is 14.1 Å². The number of aromatic hydroxyl groups is 1. The van der Waals surface area contributed by atoms with E-state index in [-0.39, 0.29) is 43.1 Å². The largest absolute Gasteiger partial charge is 0.501 e. The molecule has 1 aliphatic carbocycles. The van der Waals surface area contributed by atoms with E-state index in [1.54, 1.807) is 0 Å². The van der Waals surface area contributed by atoms with Crippen LogP contribution in [0.5, 0.6) is 5.75 Å². The van der Waals surface area contributed by atoms with Crippen LogP contribution < -0.4 is 16.2 Å². The van der Waals surface area contributed by atoms with Crippen LogP contribution in [-0.4, -0.2) is 57.0 Å². The van der Waals surface area contributed by atoms with Crippen molar-refractivity contribution in [1.29, 1.82) is 0 Å². The Morgan fingerprint density at radius 2 is 1.89 bits per heavy atom. The highest BCUT2D eigenvalue weighted by molar-refractivity contribution is 6.35. The van der Waals surface area contributed by atoms with Crippen LogP contribution >= 0.6 is 11.6 Å². The number of alkyl halides is 1. The highest BCUT2D eigenvalue weighted by atomic mass is 35.5. The van der Waals surface area contributed by atoms with Crippen molar-refractivity contribution in [2.45, 2.75) is 50.0 Å². The standard InChI is InChI=1S/C23H24ClF2N5O5/c1-30(2)20(36)18(34)29-23-7-5-22(26,6-8-23)11-31-19(35)16(32)15(28-21(23)31)17(33)27-10-12-3-4-14(25)13(24)9-12/h3-4,9,32H,5-8,10-11H2,1-2H3,(H,27,33)(H,29,34). The number of nitrogens with one attached hydrogen (secondary N) is 2. The number of hydrogen-bond donors (Lipinski definition) is 3. The first-order chi connectivity index (χ1) is 16.9. The van der Waals surface area contributed by atoms with Gasteiger partial charge in [0.1, 0.15) is 17.3 Å². The summed E-state index contributed by atoms with van der Waals surface area (Å²) in [5.41, 5.74) is -4.40. The summed E-state index contributed by atoms with van der Waals surface area (Å²) < 4.78 is 29.8. The second-order valence-electron chi connectivity index (χ2n) is 9.34. The zero-order valence-corrected chi connectivity index (χ0v) is 20.3. The SMILES string of the molecule is CN(C)C(=O)C(=O)NC12CCC(F)(CC1)Cn1c2nc(C(=O)NCc2ccc(F)c(Cl)c2)c(O)c1=O. The molecule has 3 N–H and O–H groups in total. The van der Waals surface area contributed by atoms with Crippen molar-refractivity contribution in [3.63, 3.8) is 0 Å². The van der Waals surface area contributed by atoms with Gasteiger partial charge in [-0.2, -0.15) is 0 Å². The normalized spacial score (nSPS) is 22.4. The monoisotopic (exact) mass is 523 g/mol. The quantitative estimate of drug-likeness (QED) is 0.518. The van der Waals surface area contributed by atoms with E-state index in [4.69, 9.17) is 11.6 Å². The maximum atomic E-state index is 15.4. The zero-order valence-electron chi connectivity index (χ0n) is 19.5. The van der Waals surface area contributed by atoms with Gasteiger partial charge in [-0.25, -0.2) is 13.8 Å². The van der Waals surface area contributed by atoms with E-state index in [1.807, 2.05) is 0 Å².